The maximum absolute atomic E-state index is 13.2. The molecule has 1 rings (SSSR count). The molecule has 0 amide bonds. The number of anilines is 1. The third kappa shape index (κ3) is 4.57. The Kier molecular flexibility index (Phi) is 4.24. The molecular formula is C12H18F2N2. The molecule has 0 spiro atoms. The Morgan fingerprint density at radius 1 is 1.31 bits per heavy atom. The highest BCUT2D eigenvalue weighted by atomic mass is 19.1. The molecule has 90 valence electrons. The van der Waals surface area contributed by atoms with E-state index in [1.165, 1.54) is 0 Å². The number of rotatable bonds is 5. The van der Waals surface area contributed by atoms with E-state index in [0.717, 1.165) is 31.0 Å². The van der Waals surface area contributed by atoms with Gasteiger partial charge in [0.25, 0.3) is 0 Å². The largest absolute Gasteiger partial charge is 0.383 e. The van der Waals surface area contributed by atoms with Crippen LogP contribution in [0.25, 0.3) is 0 Å². The zero-order chi connectivity index (χ0) is 12.2. The second-order valence-corrected chi connectivity index (χ2v) is 4.64. The second-order valence-electron chi connectivity index (χ2n) is 4.64. The van der Waals surface area contributed by atoms with Crippen molar-refractivity contribution in [3.8, 4) is 0 Å². The summed E-state index contributed by atoms with van der Waals surface area (Å²) >= 11 is 0. The molecular weight excluding hydrogens is 210 g/mol. The van der Waals surface area contributed by atoms with Crippen LogP contribution in [0.5, 0.6) is 0 Å². The first-order valence-corrected chi connectivity index (χ1v) is 5.36. The Morgan fingerprint density at radius 2 is 2.00 bits per heavy atom. The normalized spacial score (nSPS) is 11.6. The van der Waals surface area contributed by atoms with Gasteiger partial charge in [-0.25, -0.2) is 8.78 Å². The van der Waals surface area contributed by atoms with Crippen molar-refractivity contribution < 1.29 is 8.78 Å². The average molecular weight is 228 g/mol. The number of halogens is 2. The number of nitrogens with two attached hydrogens (primary N) is 1. The third-order valence-electron chi connectivity index (χ3n) is 2.24. The minimum absolute atomic E-state index is 0.204. The molecule has 0 heterocycles. The summed E-state index contributed by atoms with van der Waals surface area (Å²) in [6.45, 7) is 4.46. The van der Waals surface area contributed by atoms with E-state index in [9.17, 15) is 8.78 Å². The van der Waals surface area contributed by atoms with Gasteiger partial charge < -0.3 is 11.1 Å². The zero-order valence-corrected chi connectivity index (χ0v) is 9.69. The van der Waals surface area contributed by atoms with Gasteiger partial charge in [0.15, 0.2) is 0 Å². The van der Waals surface area contributed by atoms with Gasteiger partial charge >= 0.3 is 0 Å². The summed E-state index contributed by atoms with van der Waals surface area (Å²) in [6.07, 6.45) is 1.65. The summed E-state index contributed by atoms with van der Waals surface area (Å²) in [5, 5.41) is 2.86. The topological polar surface area (TPSA) is 38.0 Å². The van der Waals surface area contributed by atoms with Crippen LogP contribution >= 0.6 is 0 Å². The quantitative estimate of drug-likeness (QED) is 0.760. The van der Waals surface area contributed by atoms with Crippen molar-refractivity contribution in [1.29, 1.82) is 0 Å². The molecule has 0 aromatic heterocycles. The van der Waals surface area contributed by atoms with Crippen molar-refractivity contribution in [3.63, 3.8) is 0 Å². The Balaban J connectivity index is 2.40. The molecule has 0 fully saturated rings. The van der Waals surface area contributed by atoms with Crippen molar-refractivity contribution >= 4 is 5.69 Å². The van der Waals surface area contributed by atoms with E-state index < -0.39 is 11.6 Å². The Hall–Kier alpha value is -1.16. The van der Waals surface area contributed by atoms with Gasteiger partial charge in [0, 0.05) is 12.1 Å². The summed E-state index contributed by atoms with van der Waals surface area (Å²) in [7, 11) is 0. The van der Waals surface area contributed by atoms with Crippen LogP contribution < -0.4 is 11.1 Å². The molecule has 0 radical (unpaired) electrons. The van der Waals surface area contributed by atoms with Crippen LogP contribution in [0.15, 0.2) is 18.2 Å². The van der Waals surface area contributed by atoms with Crippen molar-refractivity contribution in [3.05, 3.63) is 29.8 Å². The molecule has 1 aromatic carbocycles. The predicted molar refractivity (Wildman–Crippen MR) is 62.3 cm³/mol. The molecule has 1 aromatic rings. The lowest BCUT2D eigenvalue weighted by atomic mass is 10.0. The Bertz CT molecular complexity index is 345. The lowest BCUT2D eigenvalue weighted by Crippen LogP contribution is -2.32. The molecule has 2 nitrogen and oxygen atoms in total. The van der Waals surface area contributed by atoms with E-state index in [1.807, 2.05) is 13.8 Å². The summed E-state index contributed by atoms with van der Waals surface area (Å²) in [6, 6.07) is 3.37. The summed E-state index contributed by atoms with van der Waals surface area (Å²) in [5.41, 5.74) is 5.79. The molecule has 0 atom stereocenters. The summed E-state index contributed by atoms with van der Waals surface area (Å²) < 4.78 is 26.0. The molecule has 16 heavy (non-hydrogen) atoms. The Labute approximate surface area is 94.8 Å². The SMILES string of the molecule is CC(C)(N)CCCNc1cc(F)ccc1F. The molecule has 3 N–H and O–H groups in total. The van der Waals surface area contributed by atoms with E-state index >= 15 is 0 Å². The van der Waals surface area contributed by atoms with Gasteiger partial charge in [0.2, 0.25) is 0 Å². The zero-order valence-electron chi connectivity index (χ0n) is 9.69. The lowest BCUT2D eigenvalue weighted by Gasteiger charge is -2.18. The van der Waals surface area contributed by atoms with Gasteiger partial charge in [0.05, 0.1) is 5.69 Å². The molecule has 0 saturated heterocycles. The van der Waals surface area contributed by atoms with E-state index in [2.05, 4.69) is 5.32 Å². The fourth-order valence-electron chi connectivity index (χ4n) is 1.40. The molecule has 0 bridgehead atoms. The molecule has 4 heteroatoms. The first-order valence-electron chi connectivity index (χ1n) is 5.36. The van der Waals surface area contributed by atoms with Crippen molar-refractivity contribution in [2.75, 3.05) is 11.9 Å². The molecule has 0 unspecified atom stereocenters. The predicted octanol–water partition coefficient (Wildman–Crippen LogP) is 2.89. The van der Waals surface area contributed by atoms with Gasteiger partial charge in [-0.2, -0.15) is 0 Å². The van der Waals surface area contributed by atoms with E-state index in [1.54, 1.807) is 0 Å². The fraction of sp³-hybridized carbons (Fsp3) is 0.500. The lowest BCUT2D eigenvalue weighted by molar-refractivity contribution is 0.465. The summed E-state index contributed by atoms with van der Waals surface area (Å²) in [4.78, 5) is 0. The van der Waals surface area contributed by atoms with Crippen LogP contribution in [0.2, 0.25) is 0 Å². The van der Waals surface area contributed by atoms with E-state index in [0.29, 0.717) is 6.54 Å². The molecule has 0 aliphatic rings. The van der Waals surface area contributed by atoms with Crippen LogP contribution in [0.1, 0.15) is 26.7 Å². The van der Waals surface area contributed by atoms with Crippen LogP contribution in [0.4, 0.5) is 14.5 Å². The maximum atomic E-state index is 13.2. The van der Waals surface area contributed by atoms with Gasteiger partial charge in [-0.3, -0.25) is 0 Å². The fourth-order valence-corrected chi connectivity index (χ4v) is 1.40. The smallest absolute Gasteiger partial charge is 0.146 e. The third-order valence-corrected chi connectivity index (χ3v) is 2.24. The minimum atomic E-state index is -0.442. The highest BCUT2D eigenvalue weighted by molar-refractivity contribution is 5.44. The van der Waals surface area contributed by atoms with Gasteiger partial charge in [-0.05, 0) is 44.9 Å². The van der Waals surface area contributed by atoms with Gasteiger partial charge in [0.1, 0.15) is 11.6 Å². The second kappa shape index (κ2) is 5.25. The first kappa shape index (κ1) is 12.9. The first-order chi connectivity index (χ1) is 7.38. The summed E-state index contributed by atoms with van der Waals surface area (Å²) in [5.74, 6) is -0.878. The molecule has 0 saturated carbocycles. The van der Waals surface area contributed by atoms with Crippen LogP contribution in [0, 0.1) is 11.6 Å². The van der Waals surface area contributed by atoms with Crippen LogP contribution in [-0.4, -0.2) is 12.1 Å². The molecule has 0 aliphatic heterocycles. The average Bonchev–Trinajstić information content (AvgIpc) is 2.16. The number of hydrogen-bond donors (Lipinski definition) is 2. The number of hydrogen-bond acceptors (Lipinski definition) is 2. The minimum Gasteiger partial charge on any atom is -0.383 e. The molecule has 0 aliphatic carbocycles. The van der Waals surface area contributed by atoms with Crippen molar-refractivity contribution in [1.82, 2.24) is 0 Å². The van der Waals surface area contributed by atoms with Gasteiger partial charge in [-0.15, -0.1) is 0 Å². The maximum Gasteiger partial charge on any atom is 0.146 e. The highest BCUT2D eigenvalue weighted by Gasteiger charge is 2.09. The van der Waals surface area contributed by atoms with Crippen molar-refractivity contribution in [2.24, 2.45) is 5.73 Å². The number of benzene rings is 1. The van der Waals surface area contributed by atoms with Crippen LogP contribution in [-0.2, 0) is 0 Å². The van der Waals surface area contributed by atoms with Crippen molar-refractivity contribution in [2.45, 2.75) is 32.2 Å². The van der Waals surface area contributed by atoms with E-state index in [-0.39, 0.29) is 11.2 Å². The monoisotopic (exact) mass is 228 g/mol. The van der Waals surface area contributed by atoms with Gasteiger partial charge in [-0.1, -0.05) is 0 Å². The number of nitrogens with one attached hydrogen (secondary N) is 1. The highest BCUT2D eigenvalue weighted by Crippen LogP contribution is 2.15. The van der Waals surface area contributed by atoms with Crippen LogP contribution in [0.3, 0.4) is 0 Å². The standard InChI is InChI=1S/C12H18F2N2/c1-12(2,15)6-3-7-16-11-8-9(13)4-5-10(11)14/h4-5,8,16H,3,6-7,15H2,1-2H3. The van der Waals surface area contributed by atoms with E-state index in [4.69, 9.17) is 5.73 Å². The Morgan fingerprint density at radius 3 is 2.62 bits per heavy atom.